The summed E-state index contributed by atoms with van der Waals surface area (Å²) >= 11 is 0. The Morgan fingerprint density at radius 2 is 1.96 bits per heavy atom. The molecule has 2 rings (SSSR count). The van der Waals surface area contributed by atoms with E-state index in [4.69, 9.17) is 4.74 Å². The smallest absolute Gasteiger partial charge is 0.191 e. The van der Waals surface area contributed by atoms with E-state index in [2.05, 4.69) is 53.6 Å². The van der Waals surface area contributed by atoms with Gasteiger partial charge in [0.15, 0.2) is 5.96 Å². The maximum absolute atomic E-state index is 5.71. The summed E-state index contributed by atoms with van der Waals surface area (Å²) in [6, 6.07) is 10.1. The maximum atomic E-state index is 5.71. The number of ether oxygens (including phenoxy) is 1. The van der Waals surface area contributed by atoms with Crippen LogP contribution in [0.5, 0.6) is 5.75 Å². The molecule has 0 radical (unpaired) electrons. The molecule has 0 aliphatic carbocycles. The van der Waals surface area contributed by atoms with E-state index in [-0.39, 0.29) is 0 Å². The highest BCUT2D eigenvalue weighted by molar-refractivity contribution is 5.79. The fraction of sp³-hybridized carbons (Fsp3) is 0.474. The molecule has 6 nitrogen and oxygen atoms in total. The number of rotatable bonds is 8. The molecule has 0 aliphatic heterocycles. The zero-order valence-electron chi connectivity index (χ0n) is 15.6. The zero-order valence-corrected chi connectivity index (χ0v) is 15.6. The number of hydrogen-bond acceptors (Lipinski definition) is 3. The molecule has 1 aromatic carbocycles. The maximum Gasteiger partial charge on any atom is 0.191 e. The Bertz CT molecular complexity index is 661. The molecule has 0 spiro atoms. The van der Waals surface area contributed by atoms with Crippen LogP contribution < -0.4 is 15.4 Å². The van der Waals surface area contributed by atoms with E-state index in [1.54, 1.807) is 6.20 Å². The predicted octanol–water partition coefficient (Wildman–Crippen LogP) is 2.71. The molecule has 2 N–H and O–H groups in total. The van der Waals surface area contributed by atoms with Gasteiger partial charge in [-0.15, -0.1) is 0 Å². The van der Waals surface area contributed by atoms with Gasteiger partial charge in [0, 0.05) is 19.8 Å². The molecular formula is C19H29N5O. The molecule has 0 bridgehead atoms. The van der Waals surface area contributed by atoms with Gasteiger partial charge in [-0.05, 0) is 36.6 Å². The molecule has 136 valence electrons. The zero-order chi connectivity index (χ0) is 18.1. The van der Waals surface area contributed by atoms with Crippen LogP contribution >= 0.6 is 0 Å². The number of aliphatic imine (C=N–C) groups is 1. The van der Waals surface area contributed by atoms with E-state index in [1.165, 1.54) is 0 Å². The number of benzene rings is 1. The predicted molar refractivity (Wildman–Crippen MR) is 102 cm³/mol. The molecule has 0 saturated carbocycles. The lowest BCUT2D eigenvalue weighted by molar-refractivity contribution is 0.271. The van der Waals surface area contributed by atoms with Gasteiger partial charge in [0.25, 0.3) is 0 Å². The first-order valence-corrected chi connectivity index (χ1v) is 8.79. The fourth-order valence-corrected chi connectivity index (χ4v) is 2.22. The molecular weight excluding hydrogens is 314 g/mol. The molecule has 0 unspecified atom stereocenters. The highest BCUT2D eigenvalue weighted by atomic mass is 16.5. The quantitative estimate of drug-likeness (QED) is 0.571. The minimum Gasteiger partial charge on any atom is -0.493 e. The Kier molecular flexibility index (Phi) is 7.32. The van der Waals surface area contributed by atoms with Crippen molar-refractivity contribution in [2.24, 2.45) is 18.0 Å². The van der Waals surface area contributed by atoms with Gasteiger partial charge in [0.2, 0.25) is 0 Å². The molecule has 25 heavy (non-hydrogen) atoms. The summed E-state index contributed by atoms with van der Waals surface area (Å²) in [5.74, 6) is 2.23. The Morgan fingerprint density at radius 1 is 1.20 bits per heavy atom. The monoisotopic (exact) mass is 343 g/mol. The van der Waals surface area contributed by atoms with Crippen molar-refractivity contribution in [1.29, 1.82) is 0 Å². The highest BCUT2D eigenvalue weighted by Crippen LogP contribution is 2.13. The standard InChI is InChI=1S/C19H29N5O/c1-5-20-19(22-13-17-10-11-23-24(17)4)21-12-16-6-8-18(9-7-16)25-14-15(2)3/h6-11,15H,5,12-14H2,1-4H3,(H2,20,21,22). The summed E-state index contributed by atoms with van der Waals surface area (Å²) in [4.78, 5) is 4.64. The van der Waals surface area contributed by atoms with Crippen LogP contribution in [0.1, 0.15) is 32.0 Å². The van der Waals surface area contributed by atoms with Crippen molar-refractivity contribution in [2.75, 3.05) is 13.2 Å². The lowest BCUT2D eigenvalue weighted by Crippen LogP contribution is -2.37. The van der Waals surface area contributed by atoms with Crippen molar-refractivity contribution in [3.63, 3.8) is 0 Å². The van der Waals surface area contributed by atoms with Gasteiger partial charge < -0.3 is 15.4 Å². The molecule has 0 saturated heterocycles. The molecule has 1 aromatic heterocycles. The lowest BCUT2D eigenvalue weighted by Gasteiger charge is -2.12. The summed E-state index contributed by atoms with van der Waals surface area (Å²) in [7, 11) is 1.93. The first kappa shape index (κ1) is 18.8. The van der Waals surface area contributed by atoms with E-state index < -0.39 is 0 Å². The van der Waals surface area contributed by atoms with Crippen LogP contribution in [0, 0.1) is 5.92 Å². The van der Waals surface area contributed by atoms with Gasteiger partial charge in [-0.3, -0.25) is 4.68 Å². The van der Waals surface area contributed by atoms with Crippen LogP contribution in [0.4, 0.5) is 0 Å². The average Bonchev–Trinajstić information content (AvgIpc) is 3.01. The summed E-state index contributed by atoms with van der Waals surface area (Å²) in [5, 5.41) is 10.8. The minimum absolute atomic E-state index is 0.525. The Morgan fingerprint density at radius 3 is 2.56 bits per heavy atom. The largest absolute Gasteiger partial charge is 0.493 e. The van der Waals surface area contributed by atoms with Crippen LogP contribution in [0.3, 0.4) is 0 Å². The topological polar surface area (TPSA) is 63.5 Å². The van der Waals surface area contributed by atoms with Crippen LogP contribution in [0.15, 0.2) is 41.5 Å². The van der Waals surface area contributed by atoms with Gasteiger partial charge in [-0.1, -0.05) is 26.0 Å². The highest BCUT2D eigenvalue weighted by Gasteiger charge is 2.02. The number of nitrogens with zero attached hydrogens (tertiary/aromatic N) is 3. The fourth-order valence-electron chi connectivity index (χ4n) is 2.22. The van der Waals surface area contributed by atoms with Crippen molar-refractivity contribution in [3.8, 4) is 5.75 Å². The Labute approximate surface area is 150 Å². The summed E-state index contributed by atoms with van der Waals surface area (Å²) < 4.78 is 7.56. The van der Waals surface area contributed by atoms with E-state index in [1.807, 2.05) is 29.9 Å². The molecule has 0 amide bonds. The van der Waals surface area contributed by atoms with Crippen molar-refractivity contribution in [2.45, 2.75) is 33.9 Å². The molecule has 2 aromatic rings. The van der Waals surface area contributed by atoms with Crippen molar-refractivity contribution in [1.82, 2.24) is 20.4 Å². The third-order valence-corrected chi connectivity index (χ3v) is 3.63. The average molecular weight is 343 g/mol. The van der Waals surface area contributed by atoms with Gasteiger partial charge in [0.05, 0.1) is 25.4 Å². The second-order valence-corrected chi connectivity index (χ2v) is 6.34. The van der Waals surface area contributed by atoms with Crippen LogP contribution in [-0.2, 0) is 20.1 Å². The molecule has 0 aliphatic rings. The number of nitrogens with one attached hydrogen (secondary N) is 2. The molecule has 0 atom stereocenters. The third-order valence-electron chi connectivity index (χ3n) is 3.63. The first-order chi connectivity index (χ1) is 12.1. The SMILES string of the molecule is CCNC(=NCc1ccc(OCC(C)C)cc1)NCc1ccnn1C. The van der Waals surface area contributed by atoms with Crippen LogP contribution in [0.25, 0.3) is 0 Å². The summed E-state index contributed by atoms with van der Waals surface area (Å²) in [6.07, 6.45) is 1.80. The first-order valence-electron chi connectivity index (χ1n) is 8.79. The second kappa shape index (κ2) is 9.71. The number of guanidine groups is 1. The van der Waals surface area contributed by atoms with Crippen molar-refractivity contribution in [3.05, 3.63) is 47.8 Å². The number of aromatic nitrogens is 2. The van der Waals surface area contributed by atoms with Crippen molar-refractivity contribution >= 4 is 5.96 Å². The second-order valence-electron chi connectivity index (χ2n) is 6.34. The third kappa shape index (κ3) is 6.49. The molecule has 0 fully saturated rings. The lowest BCUT2D eigenvalue weighted by atomic mass is 10.2. The minimum atomic E-state index is 0.525. The van der Waals surface area contributed by atoms with Gasteiger partial charge in [-0.25, -0.2) is 4.99 Å². The normalized spacial score (nSPS) is 11.6. The Hall–Kier alpha value is -2.50. The van der Waals surface area contributed by atoms with Crippen molar-refractivity contribution < 1.29 is 4.74 Å². The molecule has 6 heteroatoms. The van der Waals surface area contributed by atoms with E-state index in [9.17, 15) is 0 Å². The van der Waals surface area contributed by atoms with E-state index in [0.717, 1.165) is 36.1 Å². The van der Waals surface area contributed by atoms with Gasteiger partial charge in [0.1, 0.15) is 5.75 Å². The van der Waals surface area contributed by atoms with Gasteiger partial charge in [-0.2, -0.15) is 5.10 Å². The van der Waals surface area contributed by atoms with E-state index in [0.29, 0.717) is 19.0 Å². The number of aryl methyl sites for hydroxylation is 1. The van der Waals surface area contributed by atoms with Crippen LogP contribution in [0.2, 0.25) is 0 Å². The van der Waals surface area contributed by atoms with Gasteiger partial charge >= 0.3 is 0 Å². The summed E-state index contributed by atoms with van der Waals surface area (Å²) in [5.41, 5.74) is 2.26. The Balaban J connectivity index is 1.90. The number of hydrogen-bond donors (Lipinski definition) is 2. The van der Waals surface area contributed by atoms with E-state index >= 15 is 0 Å². The summed E-state index contributed by atoms with van der Waals surface area (Å²) in [6.45, 7) is 9.20. The van der Waals surface area contributed by atoms with Crippen LogP contribution in [-0.4, -0.2) is 28.9 Å². The molecule has 1 heterocycles.